The number of nitrogens with one attached hydrogen (secondary N) is 2. The second kappa shape index (κ2) is 8.50. The van der Waals surface area contributed by atoms with Crippen LogP contribution >= 0.6 is 0 Å². The molecule has 0 atom stereocenters. The molecular weight excluding hydrogens is 322 g/mol. The van der Waals surface area contributed by atoms with Crippen LogP contribution in [0, 0.1) is 13.8 Å². The normalized spacial score (nSPS) is 14.8. The van der Waals surface area contributed by atoms with E-state index in [0.29, 0.717) is 38.2 Å². The second-order valence-corrected chi connectivity index (χ2v) is 6.21. The molecule has 0 aliphatic carbocycles. The molecule has 7 nitrogen and oxygen atoms in total. The van der Waals surface area contributed by atoms with Gasteiger partial charge in [0.25, 0.3) is 0 Å². The Kier molecular flexibility index (Phi) is 6.38. The molecule has 136 valence electrons. The van der Waals surface area contributed by atoms with E-state index in [2.05, 4.69) is 10.6 Å². The highest BCUT2D eigenvalue weighted by Crippen LogP contribution is 2.16. The van der Waals surface area contributed by atoms with Crippen molar-refractivity contribution in [2.45, 2.75) is 39.7 Å². The number of likely N-dealkylation sites (tertiary alicyclic amines) is 1. The molecule has 1 saturated heterocycles. The van der Waals surface area contributed by atoms with Crippen molar-refractivity contribution in [1.29, 1.82) is 0 Å². The summed E-state index contributed by atoms with van der Waals surface area (Å²) in [5.74, 6) is -1.34. The number of ether oxygens (including phenoxy) is 1. The van der Waals surface area contributed by atoms with E-state index in [1.807, 2.05) is 32.0 Å². The largest absolute Gasteiger partial charge is 0.450 e. The number of nitrogens with zero attached hydrogens (tertiary/aromatic N) is 1. The Morgan fingerprint density at radius 2 is 1.84 bits per heavy atom. The lowest BCUT2D eigenvalue weighted by molar-refractivity contribution is -0.136. The van der Waals surface area contributed by atoms with Crippen molar-refractivity contribution in [3.8, 4) is 0 Å². The number of carbonyl (C=O) groups is 3. The summed E-state index contributed by atoms with van der Waals surface area (Å²) in [6.07, 6.45) is 0.864. The third-order valence-corrected chi connectivity index (χ3v) is 4.20. The molecule has 1 aromatic carbocycles. The summed E-state index contributed by atoms with van der Waals surface area (Å²) in [5.41, 5.74) is 2.54. The molecule has 1 aliphatic rings. The van der Waals surface area contributed by atoms with Crippen LogP contribution in [0.5, 0.6) is 0 Å². The van der Waals surface area contributed by atoms with E-state index < -0.39 is 11.8 Å². The van der Waals surface area contributed by atoms with Gasteiger partial charge in [0.05, 0.1) is 6.61 Å². The van der Waals surface area contributed by atoms with Crippen molar-refractivity contribution in [1.82, 2.24) is 10.2 Å². The minimum Gasteiger partial charge on any atom is -0.450 e. The number of benzene rings is 1. The fraction of sp³-hybridized carbons (Fsp3) is 0.500. The Labute approximate surface area is 147 Å². The summed E-state index contributed by atoms with van der Waals surface area (Å²) < 4.78 is 4.96. The highest BCUT2D eigenvalue weighted by Gasteiger charge is 2.26. The lowest BCUT2D eigenvalue weighted by Gasteiger charge is -2.31. The molecule has 0 bridgehead atoms. The number of hydrogen-bond donors (Lipinski definition) is 2. The minimum absolute atomic E-state index is 0.123. The third-order valence-electron chi connectivity index (χ3n) is 4.20. The lowest BCUT2D eigenvalue weighted by Crippen LogP contribution is -2.49. The molecule has 2 rings (SSSR count). The quantitative estimate of drug-likeness (QED) is 0.819. The average molecular weight is 347 g/mol. The Morgan fingerprint density at radius 3 is 2.48 bits per heavy atom. The van der Waals surface area contributed by atoms with Crippen molar-refractivity contribution < 1.29 is 19.1 Å². The zero-order valence-electron chi connectivity index (χ0n) is 14.9. The Morgan fingerprint density at radius 1 is 1.16 bits per heavy atom. The van der Waals surface area contributed by atoms with Crippen molar-refractivity contribution in [3.63, 3.8) is 0 Å². The first-order valence-electron chi connectivity index (χ1n) is 8.51. The number of rotatable bonds is 3. The van der Waals surface area contributed by atoms with Gasteiger partial charge in [-0.25, -0.2) is 4.79 Å². The first-order valence-corrected chi connectivity index (χ1v) is 8.51. The van der Waals surface area contributed by atoms with Gasteiger partial charge in [-0.2, -0.15) is 0 Å². The predicted molar refractivity (Wildman–Crippen MR) is 94.3 cm³/mol. The monoisotopic (exact) mass is 347 g/mol. The molecule has 0 aromatic heterocycles. The molecule has 1 aromatic rings. The second-order valence-electron chi connectivity index (χ2n) is 6.21. The van der Waals surface area contributed by atoms with Gasteiger partial charge in [0.2, 0.25) is 0 Å². The van der Waals surface area contributed by atoms with Crippen LogP contribution in [0.3, 0.4) is 0 Å². The molecule has 7 heteroatoms. The van der Waals surface area contributed by atoms with Crippen LogP contribution in [-0.2, 0) is 14.3 Å². The third kappa shape index (κ3) is 5.20. The molecule has 0 radical (unpaired) electrons. The molecule has 0 unspecified atom stereocenters. The summed E-state index contributed by atoms with van der Waals surface area (Å²) in [6.45, 7) is 6.91. The molecule has 1 aliphatic heterocycles. The van der Waals surface area contributed by atoms with Gasteiger partial charge in [0, 0.05) is 24.8 Å². The maximum Gasteiger partial charge on any atom is 0.409 e. The van der Waals surface area contributed by atoms with Gasteiger partial charge in [-0.05, 0) is 50.8 Å². The van der Waals surface area contributed by atoms with E-state index in [-0.39, 0.29) is 12.1 Å². The average Bonchev–Trinajstić information content (AvgIpc) is 2.59. The van der Waals surface area contributed by atoms with Crippen LogP contribution in [0.15, 0.2) is 18.2 Å². The molecule has 2 N–H and O–H groups in total. The molecule has 1 heterocycles. The zero-order chi connectivity index (χ0) is 18.4. The highest BCUT2D eigenvalue weighted by atomic mass is 16.6. The molecule has 25 heavy (non-hydrogen) atoms. The zero-order valence-corrected chi connectivity index (χ0v) is 14.9. The SMILES string of the molecule is CCOC(=O)N1CCC(NC(=O)C(=O)Nc2cc(C)ccc2C)CC1. The first kappa shape index (κ1) is 18.8. The van der Waals surface area contributed by atoms with E-state index in [4.69, 9.17) is 4.74 Å². The number of carbonyl (C=O) groups excluding carboxylic acids is 3. The number of hydrogen-bond acceptors (Lipinski definition) is 4. The van der Waals surface area contributed by atoms with Crippen molar-refractivity contribution in [3.05, 3.63) is 29.3 Å². The summed E-state index contributed by atoms with van der Waals surface area (Å²) in [6, 6.07) is 5.55. The smallest absolute Gasteiger partial charge is 0.409 e. The topological polar surface area (TPSA) is 87.7 Å². The number of aryl methyl sites for hydroxylation is 2. The summed E-state index contributed by atoms with van der Waals surface area (Å²) in [7, 11) is 0. The summed E-state index contributed by atoms with van der Waals surface area (Å²) in [5, 5.41) is 5.38. The predicted octanol–water partition coefficient (Wildman–Crippen LogP) is 1.98. The highest BCUT2D eigenvalue weighted by molar-refractivity contribution is 6.39. The lowest BCUT2D eigenvalue weighted by atomic mass is 10.1. The number of piperidine rings is 1. The molecule has 0 spiro atoms. The Hall–Kier alpha value is -2.57. The van der Waals surface area contributed by atoms with E-state index >= 15 is 0 Å². The maximum atomic E-state index is 12.1. The van der Waals surface area contributed by atoms with E-state index in [9.17, 15) is 14.4 Å². The molecule has 0 saturated carbocycles. The van der Waals surface area contributed by atoms with Gasteiger partial charge in [-0.1, -0.05) is 12.1 Å². The van der Waals surface area contributed by atoms with Gasteiger partial charge in [0.1, 0.15) is 0 Å². The van der Waals surface area contributed by atoms with E-state index in [1.165, 1.54) is 0 Å². The van der Waals surface area contributed by atoms with Crippen LogP contribution in [-0.4, -0.2) is 48.5 Å². The fourth-order valence-corrected chi connectivity index (χ4v) is 2.72. The van der Waals surface area contributed by atoms with Crippen molar-refractivity contribution in [2.75, 3.05) is 25.0 Å². The first-order chi connectivity index (χ1) is 11.9. The van der Waals surface area contributed by atoms with Crippen LogP contribution in [0.1, 0.15) is 30.9 Å². The standard InChI is InChI=1S/C18H25N3O4/c1-4-25-18(24)21-9-7-14(8-10-21)19-16(22)17(23)20-15-11-12(2)5-6-13(15)3/h5-6,11,14H,4,7-10H2,1-3H3,(H,19,22)(H,20,23). The van der Waals surface area contributed by atoms with Gasteiger partial charge >= 0.3 is 17.9 Å². The Bertz CT molecular complexity index is 652. The summed E-state index contributed by atoms with van der Waals surface area (Å²) in [4.78, 5) is 37.5. The van der Waals surface area contributed by atoms with Gasteiger partial charge in [0.15, 0.2) is 0 Å². The van der Waals surface area contributed by atoms with Crippen molar-refractivity contribution in [2.24, 2.45) is 0 Å². The van der Waals surface area contributed by atoms with E-state index in [0.717, 1.165) is 11.1 Å². The van der Waals surface area contributed by atoms with Gasteiger partial charge in [-0.15, -0.1) is 0 Å². The molecule has 3 amide bonds. The van der Waals surface area contributed by atoms with Crippen LogP contribution < -0.4 is 10.6 Å². The van der Waals surface area contributed by atoms with Crippen LogP contribution in [0.4, 0.5) is 10.5 Å². The summed E-state index contributed by atoms with van der Waals surface area (Å²) >= 11 is 0. The fourth-order valence-electron chi connectivity index (χ4n) is 2.72. The van der Waals surface area contributed by atoms with Gasteiger partial charge in [-0.3, -0.25) is 9.59 Å². The minimum atomic E-state index is -0.679. The number of amides is 3. The van der Waals surface area contributed by atoms with E-state index in [1.54, 1.807) is 11.8 Å². The van der Waals surface area contributed by atoms with Crippen molar-refractivity contribution >= 4 is 23.6 Å². The van der Waals surface area contributed by atoms with Crippen LogP contribution in [0.2, 0.25) is 0 Å². The Balaban J connectivity index is 1.83. The molecule has 1 fully saturated rings. The maximum absolute atomic E-state index is 12.1. The number of anilines is 1. The molecular formula is C18H25N3O4. The van der Waals surface area contributed by atoms with Gasteiger partial charge < -0.3 is 20.3 Å². The van der Waals surface area contributed by atoms with Crippen LogP contribution in [0.25, 0.3) is 0 Å².